The highest BCUT2D eigenvalue weighted by molar-refractivity contribution is 5.91. The normalized spacial score (nSPS) is 36.1. The molecule has 1 aromatic rings. The lowest BCUT2D eigenvalue weighted by molar-refractivity contribution is -0.284. The molecule has 3 saturated carbocycles. The molecule has 1 aliphatic heterocycles. The van der Waals surface area contributed by atoms with Crippen molar-refractivity contribution in [2.24, 2.45) is 29.1 Å². The molecule has 0 bridgehead atoms. The van der Waals surface area contributed by atoms with Gasteiger partial charge in [-0.25, -0.2) is 9.18 Å². The molecule has 1 aromatic carbocycles. The van der Waals surface area contributed by atoms with Crippen LogP contribution in [-0.4, -0.2) is 36.7 Å². The third-order valence-electron chi connectivity index (χ3n) is 9.27. The second-order valence-electron chi connectivity index (χ2n) is 11.0. The number of benzene rings is 1. The summed E-state index contributed by atoms with van der Waals surface area (Å²) in [5.41, 5.74) is 0.938. The van der Waals surface area contributed by atoms with Gasteiger partial charge in [0.2, 0.25) is 0 Å². The number of fused-ring (bicyclic) bond motifs is 3. The Bertz CT molecular complexity index is 925. The molecular formula is C28H37FO5. The van der Waals surface area contributed by atoms with Crippen molar-refractivity contribution >= 4 is 5.97 Å². The SMILES string of the molecule is C=C1CCC2C3CO[C@@H](C4CCCC4)O[C@@H]3CC[C@@]2(C)[C@@H]1CCOc1cccc(F)c1C(=O)O. The van der Waals surface area contributed by atoms with E-state index in [1.54, 1.807) is 0 Å². The van der Waals surface area contributed by atoms with Gasteiger partial charge in [-0.3, -0.25) is 0 Å². The quantitative estimate of drug-likeness (QED) is 0.498. The molecule has 2 unspecified atom stereocenters. The average molecular weight is 473 g/mol. The van der Waals surface area contributed by atoms with Gasteiger partial charge in [-0.05, 0) is 74.3 Å². The molecule has 0 amide bonds. The Morgan fingerprint density at radius 2 is 2.06 bits per heavy atom. The third-order valence-corrected chi connectivity index (χ3v) is 9.27. The first-order chi connectivity index (χ1) is 16.4. The van der Waals surface area contributed by atoms with Crippen LogP contribution in [0.5, 0.6) is 5.75 Å². The minimum absolute atomic E-state index is 0.0226. The van der Waals surface area contributed by atoms with Crippen molar-refractivity contribution in [3.63, 3.8) is 0 Å². The fraction of sp³-hybridized carbons (Fsp3) is 0.679. The van der Waals surface area contributed by atoms with Crippen LogP contribution in [0.25, 0.3) is 0 Å². The molecule has 34 heavy (non-hydrogen) atoms. The summed E-state index contributed by atoms with van der Waals surface area (Å²) in [4.78, 5) is 11.5. The zero-order valence-corrected chi connectivity index (χ0v) is 20.1. The number of allylic oxidation sites excluding steroid dienone is 1. The summed E-state index contributed by atoms with van der Waals surface area (Å²) in [6.07, 6.45) is 10.3. The predicted molar refractivity (Wildman–Crippen MR) is 126 cm³/mol. The van der Waals surface area contributed by atoms with Crippen LogP contribution in [0.4, 0.5) is 4.39 Å². The number of ether oxygens (including phenoxy) is 3. The highest BCUT2D eigenvalue weighted by atomic mass is 19.1. The van der Waals surface area contributed by atoms with Gasteiger partial charge in [0, 0.05) is 11.8 Å². The van der Waals surface area contributed by atoms with Crippen molar-refractivity contribution in [1.82, 2.24) is 0 Å². The summed E-state index contributed by atoms with van der Waals surface area (Å²) in [5, 5.41) is 9.37. The summed E-state index contributed by atoms with van der Waals surface area (Å²) < 4.78 is 32.7. The highest BCUT2D eigenvalue weighted by Gasteiger charge is 2.54. The van der Waals surface area contributed by atoms with E-state index < -0.39 is 17.3 Å². The summed E-state index contributed by atoms with van der Waals surface area (Å²) in [7, 11) is 0. The number of carboxylic acid groups (broad SMARTS) is 1. The fourth-order valence-electron chi connectivity index (χ4n) is 7.50. The van der Waals surface area contributed by atoms with E-state index in [1.807, 2.05) is 0 Å². The lowest BCUT2D eigenvalue weighted by Crippen LogP contribution is -2.56. The highest BCUT2D eigenvalue weighted by Crippen LogP contribution is 2.59. The maximum Gasteiger partial charge on any atom is 0.342 e. The van der Waals surface area contributed by atoms with Gasteiger partial charge in [-0.2, -0.15) is 0 Å². The Labute approximate surface area is 201 Å². The van der Waals surface area contributed by atoms with E-state index in [4.69, 9.17) is 14.2 Å². The molecule has 6 atom stereocenters. The van der Waals surface area contributed by atoms with Gasteiger partial charge < -0.3 is 19.3 Å². The van der Waals surface area contributed by atoms with Crippen molar-refractivity contribution in [1.29, 1.82) is 0 Å². The van der Waals surface area contributed by atoms with Crippen molar-refractivity contribution in [2.45, 2.75) is 77.1 Å². The van der Waals surface area contributed by atoms with Gasteiger partial charge >= 0.3 is 5.97 Å². The molecule has 1 saturated heterocycles. The molecule has 5 rings (SSSR count). The molecule has 6 heteroatoms. The van der Waals surface area contributed by atoms with Crippen molar-refractivity contribution in [2.75, 3.05) is 13.2 Å². The predicted octanol–water partition coefficient (Wildman–Crippen LogP) is 6.22. The zero-order valence-electron chi connectivity index (χ0n) is 20.1. The van der Waals surface area contributed by atoms with E-state index in [0.29, 0.717) is 24.4 Å². The van der Waals surface area contributed by atoms with Crippen LogP contribution in [0.15, 0.2) is 30.4 Å². The second-order valence-corrected chi connectivity index (χ2v) is 11.0. The minimum Gasteiger partial charge on any atom is -0.493 e. The van der Waals surface area contributed by atoms with Gasteiger partial charge in [-0.15, -0.1) is 0 Å². The Balaban J connectivity index is 1.26. The first kappa shape index (κ1) is 23.8. The Kier molecular flexibility index (Phi) is 6.73. The van der Waals surface area contributed by atoms with E-state index in [2.05, 4.69) is 13.5 Å². The first-order valence-corrected chi connectivity index (χ1v) is 13.0. The smallest absolute Gasteiger partial charge is 0.342 e. The summed E-state index contributed by atoms with van der Waals surface area (Å²) in [6.45, 7) is 7.92. The fourth-order valence-corrected chi connectivity index (χ4v) is 7.50. The molecular weight excluding hydrogens is 435 g/mol. The standard InChI is InChI=1S/C28H37FO5/c1-17-10-11-21-19-16-33-27(18-6-3-4-7-18)34-23(19)12-14-28(21,2)20(17)13-15-32-24-9-5-8-22(29)25(24)26(30)31/h5,8-9,18-21,23,27H,1,3-4,6-7,10-16H2,2H3,(H,30,31)/t19?,20-,21?,23-,27-,28+/m1/s1. The number of hydrogen-bond acceptors (Lipinski definition) is 4. The summed E-state index contributed by atoms with van der Waals surface area (Å²) in [5.74, 6) is -0.235. The third kappa shape index (κ3) is 4.28. The van der Waals surface area contributed by atoms with E-state index in [-0.39, 0.29) is 29.5 Å². The van der Waals surface area contributed by atoms with E-state index >= 15 is 0 Å². The van der Waals surface area contributed by atoms with E-state index in [1.165, 1.54) is 43.4 Å². The van der Waals surface area contributed by atoms with Gasteiger partial charge in [0.25, 0.3) is 0 Å². The number of rotatable bonds is 6. The molecule has 0 aromatic heterocycles. The van der Waals surface area contributed by atoms with Gasteiger partial charge in [0.15, 0.2) is 6.29 Å². The Morgan fingerprint density at radius 3 is 2.82 bits per heavy atom. The Morgan fingerprint density at radius 1 is 1.26 bits per heavy atom. The van der Waals surface area contributed by atoms with E-state index in [9.17, 15) is 14.3 Å². The van der Waals surface area contributed by atoms with Crippen molar-refractivity contribution in [3.05, 3.63) is 41.7 Å². The largest absolute Gasteiger partial charge is 0.493 e. The van der Waals surface area contributed by atoms with Crippen LogP contribution in [0.2, 0.25) is 0 Å². The number of aromatic carboxylic acids is 1. The number of carbonyl (C=O) groups is 1. The number of hydrogen-bond donors (Lipinski definition) is 1. The summed E-state index contributed by atoms with van der Waals surface area (Å²) in [6, 6.07) is 4.15. The molecule has 1 N–H and O–H groups in total. The lowest BCUT2D eigenvalue weighted by Gasteiger charge is -2.58. The molecule has 0 radical (unpaired) electrons. The lowest BCUT2D eigenvalue weighted by atomic mass is 9.50. The maximum atomic E-state index is 14.0. The molecule has 0 spiro atoms. The molecule has 1 heterocycles. The molecule has 5 nitrogen and oxygen atoms in total. The number of halogens is 1. The van der Waals surface area contributed by atoms with Crippen molar-refractivity contribution < 1.29 is 28.5 Å². The van der Waals surface area contributed by atoms with Crippen LogP contribution in [0.1, 0.15) is 75.1 Å². The van der Waals surface area contributed by atoms with Gasteiger partial charge in [0.05, 0.1) is 19.3 Å². The van der Waals surface area contributed by atoms with Crippen LogP contribution < -0.4 is 4.74 Å². The van der Waals surface area contributed by atoms with Crippen LogP contribution in [0.3, 0.4) is 0 Å². The topological polar surface area (TPSA) is 65.0 Å². The minimum atomic E-state index is -1.31. The number of carboxylic acids is 1. The monoisotopic (exact) mass is 472 g/mol. The van der Waals surface area contributed by atoms with E-state index in [0.717, 1.165) is 44.8 Å². The average Bonchev–Trinajstić information content (AvgIpc) is 3.35. The molecule has 4 aliphatic rings. The van der Waals surface area contributed by atoms with Crippen LogP contribution in [-0.2, 0) is 9.47 Å². The van der Waals surface area contributed by atoms with Crippen LogP contribution >= 0.6 is 0 Å². The van der Waals surface area contributed by atoms with Crippen LogP contribution in [0, 0.1) is 34.9 Å². The maximum absolute atomic E-state index is 14.0. The van der Waals surface area contributed by atoms with Crippen molar-refractivity contribution in [3.8, 4) is 5.75 Å². The zero-order chi connectivity index (χ0) is 23.9. The molecule has 3 aliphatic carbocycles. The van der Waals surface area contributed by atoms with Gasteiger partial charge in [-0.1, -0.05) is 38.0 Å². The molecule has 186 valence electrons. The summed E-state index contributed by atoms with van der Waals surface area (Å²) >= 11 is 0. The second kappa shape index (κ2) is 9.62. The Hall–Kier alpha value is -1.92. The first-order valence-electron chi connectivity index (χ1n) is 13.0. The molecule has 4 fully saturated rings. The van der Waals surface area contributed by atoms with Gasteiger partial charge in [0.1, 0.15) is 17.1 Å².